The van der Waals surface area contributed by atoms with Crippen molar-refractivity contribution in [1.82, 2.24) is 19.3 Å². The van der Waals surface area contributed by atoms with E-state index in [-0.39, 0.29) is 11.6 Å². The van der Waals surface area contributed by atoms with Crippen molar-refractivity contribution in [2.45, 2.75) is 43.4 Å². The van der Waals surface area contributed by atoms with Gasteiger partial charge in [-0.2, -0.15) is 4.31 Å². The number of nitrogens with zero attached hydrogens (tertiary/aromatic N) is 3. The molecule has 0 aromatic carbocycles. The second kappa shape index (κ2) is 8.60. The Morgan fingerprint density at radius 3 is 2.68 bits per heavy atom. The van der Waals surface area contributed by atoms with E-state index in [1.54, 1.807) is 25.5 Å². The van der Waals surface area contributed by atoms with Crippen LogP contribution in [-0.2, 0) is 16.4 Å². The molecule has 0 atom stereocenters. The number of aromatic nitrogens is 3. The molecule has 8 nitrogen and oxygen atoms in total. The largest absolute Gasteiger partial charge is 0.342 e. The van der Waals surface area contributed by atoms with Crippen LogP contribution in [0.15, 0.2) is 39.6 Å². The standard InChI is InChI=1S/C21H27N5O3S2/c1-4-15-13-17(14(2)24-20(15)27)18-5-6-19(30-18)31(28,29)25(3)16-7-11-26(12-8-16)21-22-9-10-23-21/h5-6,9-10,13,16H,4,7-8,11-12H2,1-3H3,(H,22,23)(H,24,27). The highest BCUT2D eigenvalue weighted by Gasteiger charge is 2.32. The van der Waals surface area contributed by atoms with Crippen LogP contribution in [0.2, 0.25) is 0 Å². The number of aryl methyl sites for hydroxylation is 2. The third-order valence-electron chi connectivity index (χ3n) is 5.94. The van der Waals surface area contributed by atoms with Crippen LogP contribution in [-0.4, -0.2) is 53.9 Å². The number of H-pyrrole nitrogens is 2. The zero-order chi connectivity index (χ0) is 22.2. The Morgan fingerprint density at radius 2 is 2.03 bits per heavy atom. The van der Waals surface area contributed by atoms with Crippen LogP contribution in [0.5, 0.6) is 0 Å². The number of imidazole rings is 1. The number of hydrogen-bond acceptors (Lipinski definition) is 6. The lowest BCUT2D eigenvalue weighted by Crippen LogP contribution is -2.45. The molecule has 31 heavy (non-hydrogen) atoms. The number of rotatable bonds is 6. The van der Waals surface area contributed by atoms with Crippen LogP contribution in [0.3, 0.4) is 0 Å². The summed E-state index contributed by atoms with van der Waals surface area (Å²) in [7, 11) is -1.93. The van der Waals surface area contributed by atoms with Gasteiger partial charge in [-0.1, -0.05) is 6.92 Å². The van der Waals surface area contributed by atoms with Crippen LogP contribution in [0.25, 0.3) is 10.4 Å². The average molecular weight is 462 g/mol. The smallest absolute Gasteiger partial charge is 0.252 e. The molecule has 0 bridgehead atoms. The number of hydrogen-bond donors (Lipinski definition) is 2. The van der Waals surface area contributed by atoms with E-state index in [0.29, 0.717) is 16.2 Å². The molecule has 0 amide bonds. The first-order chi connectivity index (χ1) is 14.8. The fourth-order valence-corrected chi connectivity index (χ4v) is 6.98. The molecule has 0 spiro atoms. The summed E-state index contributed by atoms with van der Waals surface area (Å²) in [4.78, 5) is 25.3. The van der Waals surface area contributed by atoms with Crippen molar-refractivity contribution in [2.24, 2.45) is 0 Å². The highest BCUT2D eigenvalue weighted by atomic mass is 32.2. The van der Waals surface area contributed by atoms with E-state index in [0.717, 1.165) is 48.0 Å². The van der Waals surface area contributed by atoms with Crippen molar-refractivity contribution in [1.29, 1.82) is 0 Å². The summed E-state index contributed by atoms with van der Waals surface area (Å²) in [6.07, 6.45) is 5.62. The van der Waals surface area contributed by atoms with Crippen molar-refractivity contribution < 1.29 is 8.42 Å². The lowest BCUT2D eigenvalue weighted by molar-refractivity contribution is 0.311. The van der Waals surface area contributed by atoms with Crippen molar-refractivity contribution in [3.63, 3.8) is 0 Å². The van der Waals surface area contributed by atoms with Gasteiger partial charge in [0, 0.05) is 60.3 Å². The number of pyridine rings is 1. The third-order valence-corrected chi connectivity index (χ3v) is 9.43. The Kier molecular flexibility index (Phi) is 6.05. The van der Waals surface area contributed by atoms with Gasteiger partial charge in [0.05, 0.1) is 0 Å². The fraction of sp³-hybridized carbons (Fsp3) is 0.429. The second-order valence-corrected chi connectivity index (χ2v) is 11.1. The first kappa shape index (κ1) is 21.8. The van der Waals surface area contributed by atoms with E-state index in [2.05, 4.69) is 19.9 Å². The maximum Gasteiger partial charge on any atom is 0.252 e. The molecule has 4 rings (SSSR count). The zero-order valence-electron chi connectivity index (χ0n) is 17.9. The molecule has 4 heterocycles. The first-order valence-electron chi connectivity index (χ1n) is 10.4. The molecule has 1 aliphatic heterocycles. The number of sulfonamides is 1. The molecule has 3 aromatic heterocycles. The Balaban J connectivity index is 1.52. The van der Waals surface area contributed by atoms with Gasteiger partial charge < -0.3 is 14.9 Å². The summed E-state index contributed by atoms with van der Waals surface area (Å²) < 4.78 is 28.4. The number of aromatic amines is 2. The van der Waals surface area contributed by atoms with Crippen LogP contribution in [0.4, 0.5) is 5.95 Å². The molecule has 0 unspecified atom stereocenters. The molecule has 2 N–H and O–H groups in total. The summed E-state index contributed by atoms with van der Waals surface area (Å²) in [5.41, 5.74) is 2.22. The maximum absolute atomic E-state index is 13.3. The van der Waals surface area contributed by atoms with Crippen LogP contribution < -0.4 is 10.5 Å². The molecule has 1 fully saturated rings. The molecule has 166 valence electrons. The van der Waals surface area contributed by atoms with Crippen molar-refractivity contribution in [2.75, 3.05) is 25.0 Å². The van der Waals surface area contributed by atoms with Gasteiger partial charge in [-0.05, 0) is 44.4 Å². The summed E-state index contributed by atoms with van der Waals surface area (Å²) in [5.74, 6) is 0.828. The summed E-state index contributed by atoms with van der Waals surface area (Å²) in [5, 5.41) is 0. The van der Waals surface area contributed by atoms with E-state index in [1.807, 2.05) is 26.0 Å². The SMILES string of the molecule is CCc1cc(-c2ccc(S(=O)(=O)N(C)C3CCN(c4ncc[nH]4)CC3)s2)c(C)[nH]c1=O. The number of nitrogens with one attached hydrogen (secondary N) is 2. The number of anilines is 1. The van der Waals surface area contributed by atoms with Gasteiger partial charge in [-0.3, -0.25) is 4.79 Å². The van der Waals surface area contributed by atoms with Gasteiger partial charge in [0.25, 0.3) is 15.6 Å². The van der Waals surface area contributed by atoms with Gasteiger partial charge in [0.1, 0.15) is 4.21 Å². The van der Waals surface area contributed by atoms with Gasteiger partial charge in [0.2, 0.25) is 5.95 Å². The molecular weight excluding hydrogens is 434 g/mol. The lowest BCUT2D eigenvalue weighted by atomic mass is 10.1. The minimum absolute atomic E-state index is 0.0525. The van der Waals surface area contributed by atoms with Crippen LogP contribution in [0.1, 0.15) is 31.0 Å². The Morgan fingerprint density at radius 1 is 1.29 bits per heavy atom. The van der Waals surface area contributed by atoms with Gasteiger partial charge in [-0.15, -0.1) is 11.3 Å². The summed E-state index contributed by atoms with van der Waals surface area (Å²) in [6.45, 7) is 5.28. The average Bonchev–Trinajstić information content (AvgIpc) is 3.46. The molecule has 3 aromatic rings. The van der Waals surface area contributed by atoms with Gasteiger partial charge in [-0.25, -0.2) is 13.4 Å². The predicted molar refractivity (Wildman–Crippen MR) is 123 cm³/mol. The number of piperidine rings is 1. The summed E-state index contributed by atoms with van der Waals surface area (Å²) >= 11 is 1.25. The maximum atomic E-state index is 13.3. The first-order valence-corrected chi connectivity index (χ1v) is 12.6. The van der Waals surface area contributed by atoms with Gasteiger partial charge in [0.15, 0.2) is 0 Å². The van der Waals surface area contributed by atoms with E-state index in [4.69, 9.17) is 0 Å². The second-order valence-electron chi connectivity index (χ2n) is 7.79. The van der Waals surface area contributed by atoms with Crippen LogP contribution in [0, 0.1) is 6.92 Å². The van der Waals surface area contributed by atoms with Crippen molar-refractivity contribution >= 4 is 27.3 Å². The molecule has 1 aliphatic rings. The van der Waals surface area contributed by atoms with E-state index in [9.17, 15) is 13.2 Å². The number of thiophene rings is 1. The minimum Gasteiger partial charge on any atom is -0.342 e. The lowest BCUT2D eigenvalue weighted by Gasteiger charge is -2.35. The molecule has 0 radical (unpaired) electrons. The Hall–Kier alpha value is -2.43. The molecular formula is C21H27N5O3S2. The zero-order valence-corrected chi connectivity index (χ0v) is 19.5. The van der Waals surface area contributed by atoms with Gasteiger partial charge >= 0.3 is 0 Å². The van der Waals surface area contributed by atoms with Crippen molar-refractivity contribution in [3.05, 3.63) is 52.2 Å². The summed E-state index contributed by atoms with van der Waals surface area (Å²) in [6, 6.07) is 5.30. The minimum atomic E-state index is -3.60. The van der Waals surface area contributed by atoms with E-state index >= 15 is 0 Å². The monoisotopic (exact) mass is 461 g/mol. The third kappa shape index (κ3) is 4.19. The Bertz CT molecular complexity index is 1210. The highest BCUT2D eigenvalue weighted by Crippen LogP contribution is 2.34. The molecule has 10 heteroatoms. The topological polar surface area (TPSA) is 102 Å². The predicted octanol–water partition coefficient (Wildman–Crippen LogP) is 2.99. The quantitative estimate of drug-likeness (QED) is 0.588. The molecule has 0 aliphatic carbocycles. The van der Waals surface area contributed by atoms with Crippen molar-refractivity contribution in [3.8, 4) is 10.4 Å². The normalized spacial score (nSPS) is 15.7. The van der Waals surface area contributed by atoms with Crippen LogP contribution >= 0.6 is 11.3 Å². The van der Waals surface area contributed by atoms with E-state index in [1.165, 1.54) is 15.6 Å². The molecule has 0 saturated carbocycles. The Labute approximate surface area is 186 Å². The molecule has 1 saturated heterocycles. The van der Waals surface area contributed by atoms with E-state index < -0.39 is 10.0 Å². The fourth-order valence-electron chi connectivity index (χ4n) is 4.00. The highest BCUT2D eigenvalue weighted by molar-refractivity contribution is 7.91.